The summed E-state index contributed by atoms with van der Waals surface area (Å²) in [5, 5.41) is 7.60. The Morgan fingerprint density at radius 1 is 1.00 bits per heavy atom. The molecule has 4 aromatic rings. The predicted octanol–water partition coefficient (Wildman–Crippen LogP) is 3.06. The second-order valence-corrected chi connectivity index (χ2v) is 7.32. The number of pyridine rings is 1. The topological polar surface area (TPSA) is 96.6 Å². The number of aryl methyl sites for hydroxylation is 1. The van der Waals surface area contributed by atoms with Gasteiger partial charge in [-0.1, -0.05) is 12.1 Å². The second kappa shape index (κ2) is 10.9. The van der Waals surface area contributed by atoms with Gasteiger partial charge < -0.3 is 24.1 Å². The molecule has 10 heteroatoms. The SMILES string of the molecule is COc1ccc(Cn2nccc2NC(=O)c2cn(C)c3ccccc3c2=O)c(OC)c1OC.[Ar]. The summed E-state index contributed by atoms with van der Waals surface area (Å²) < 4.78 is 19.7. The summed E-state index contributed by atoms with van der Waals surface area (Å²) in [6.07, 6.45) is 3.11. The fraction of sp³-hybridized carbons (Fsp3) is 0.208. The van der Waals surface area contributed by atoms with Gasteiger partial charge in [0.1, 0.15) is 11.4 Å². The van der Waals surface area contributed by atoms with Crippen molar-refractivity contribution < 1.29 is 56.7 Å². The van der Waals surface area contributed by atoms with Gasteiger partial charge in [-0.05, 0) is 24.3 Å². The minimum absolute atomic E-state index is 0. The number of aromatic nitrogens is 3. The molecule has 0 saturated heterocycles. The van der Waals surface area contributed by atoms with Crippen LogP contribution in [-0.2, 0) is 13.6 Å². The fourth-order valence-corrected chi connectivity index (χ4v) is 3.80. The smallest absolute Gasteiger partial charge is 0.262 e. The molecule has 0 atom stereocenters. The van der Waals surface area contributed by atoms with Crippen LogP contribution in [0.25, 0.3) is 10.9 Å². The van der Waals surface area contributed by atoms with Crippen molar-refractivity contribution in [3.63, 3.8) is 0 Å². The molecule has 2 heterocycles. The molecule has 0 fully saturated rings. The number of carbonyl (C=O) groups is 1. The number of nitrogens with one attached hydrogen (secondary N) is 1. The van der Waals surface area contributed by atoms with Crippen LogP contribution in [0, 0.1) is 37.7 Å². The van der Waals surface area contributed by atoms with E-state index in [1.165, 1.54) is 13.3 Å². The summed E-state index contributed by atoms with van der Waals surface area (Å²) in [6, 6.07) is 12.5. The van der Waals surface area contributed by atoms with E-state index in [1.807, 2.05) is 18.2 Å². The molecular formula is C24H24ArN4O5. The van der Waals surface area contributed by atoms with Crippen LogP contribution in [0.15, 0.2) is 59.7 Å². The Labute approximate surface area is 226 Å². The summed E-state index contributed by atoms with van der Waals surface area (Å²) in [5.74, 6) is 1.44. The van der Waals surface area contributed by atoms with E-state index < -0.39 is 5.91 Å². The molecule has 1 N–H and O–H groups in total. The van der Waals surface area contributed by atoms with Gasteiger partial charge in [0.05, 0.1) is 39.6 Å². The number of fused-ring (bicyclic) bond motifs is 1. The van der Waals surface area contributed by atoms with E-state index >= 15 is 0 Å². The number of methoxy groups -OCH3 is 3. The summed E-state index contributed by atoms with van der Waals surface area (Å²) in [7, 11) is 6.43. The third-order valence-electron chi connectivity index (χ3n) is 5.40. The van der Waals surface area contributed by atoms with Crippen LogP contribution in [0.1, 0.15) is 15.9 Å². The molecule has 0 aliphatic carbocycles. The van der Waals surface area contributed by atoms with E-state index in [4.69, 9.17) is 14.2 Å². The number of amides is 1. The van der Waals surface area contributed by atoms with Gasteiger partial charge in [-0.15, -0.1) is 0 Å². The monoisotopic (exact) mass is 488 g/mol. The maximum Gasteiger partial charge on any atom is 0.262 e. The number of ether oxygens (including phenoxy) is 3. The van der Waals surface area contributed by atoms with Gasteiger partial charge in [0, 0.05) is 68.0 Å². The van der Waals surface area contributed by atoms with Crippen LogP contribution < -0.4 is 25.0 Å². The Balaban J connectivity index is 0.00000324. The average molecular weight is 488 g/mol. The molecular weight excluding hydrogens is 464 g/mol. The first-order valence-electron chi connectivity index (χ1n) is 10.2. The van der Waals surface area contributed by atoms with Crippen LogP contribution in [0.4, 0.5) is 5.82 Å². The Hall–Kier alpha value is -3.01. The third-order valence-corrected chi connectivity index (χ3v) is 5.40. The zero-order valence-corrected chi connectivity index (χ0v) is 19.8. The summed E-state index contributed by atoms with van der Waals surface area (Å²) in [6.45, 7) is 0.294. The molecule has 0 bridgehead atoms. The standard InChI is InChI=1S/C24H24N4O5.Ar/c1-27-14-17(21(29)16-7-5-6-8-18(16)27)24(30)26-20-11-12-25-28(20)13-15-9-10-19(31-2)23(33-4)22(15)32-3;/h5-12,14H,13H2,1-4H3,(H,26,30);. The number of anilines is 1. The number of carbonyl (C=O) groups excluding carboxylic acids is 1. The van der Waals surface area contributed by atoms with Gasteiger partial charge in [-0.3, -0.25) is 9.59 Å². The first-order valence-corrected chi connectivity index (χ1v) is 10.2. The van der Waals surface area contributed by atoms with E-state index in [9.17, 15) is 9.59 Å². The first kappa shape index (κ1) is 25.6. The van der Waals surface area contributed by atoms with Crippen molar-refractivity contribution in [2.45, 2.75) is 6.54 Å². The van der Waals surface area contributed by atoms with E-state index in [-0.39, 0.29) is 48.7 Å². The second-order valence-electron chi connectivity index (χ2n) is 7.32. The minimum atomic E-state index is -0.512. The summed E-state index contributed by atoms with van der Waals surface area (Å²) >= 11 is 0. The molecule has 0 spiro atoms. The molecule has 9 nitrogen and oxygen atoms in total. The molecule has 0 radical (unpaired) electrons. The zero-order valence-electron chi connectivity index (χ0n) is 19.1. The van der Waals surface area contributed by atoms with Crippen molar-refractivity contribution in [3.05, 3.63) is 76.2 Å². The number of hydrogen-bond donors (Lipinski definition) is 1. The van der Waals surface area contributed by atoms with Crippen molar-refractivity contribution in [2.24, 2.45) is 7.05 Å². The normalized spacial score (nSPS) is 10.5. The minimum Gasteiger partial charge on any atom is -0.493 e. The summed E-state index contributed by atoms with van der Waals surface area (Å²) in [4.78, 5) is 25.9. The van der Waals surface area contributed by atoms with Gasteiger partial charge >= 0.3 is 0 Å². The van der Waals surface area contributed by atoms with E-state index in [0.717, 1.165) is 11.1 Å². The third kappa shape index (κ3) is 4.77. The number of hydrogen-bond acceptors (Lipinski definition) is 6. The van der Waals surface area contributed by atoms with Gasteiger partial charge in [-0.25, -0.2) is 4.68 Å². The molecule has 1 amide bonds. The van der Waals surface area contributed by atoms with Crippen LogP contribution in [0.5, 0.6) is 17.2 Å². The van der Waals surface area contributed by atoms with E-state index in [2.05, 4.69) is 10.4 Å². The fourth-order valence-electron chi connectivity index (χ4n) is 3.80. The Morgan fingerprint density at radius 2 is 1.74 bits per heavy atom. The van der Waals surface area contributed by atoms with E-state index in [0.29, 0.717) is 35.0 Å². The largest absolute Gasteiger partial charge is 0.493 e. The van der Waals surface area contributed by atoms with Crippen molar-refractivity contribution >= 4 is 22.6 Å². The van der Waals surface area contributed by atoms with Gasteiger partial charge in [-0.2, -0.15) is 5.10 Å². The maximum atomic E-state index is 13.0. The molecule has 0 saturated carbocycles. The molecule has 0 aliphatic rings. The number of rotatable bonds is 7. The van der Waals surface area contributed by atoms with Crippen LogP contribution in [0.2, 0.25) is 0 Å². The predicted molar refractivity (Wildman–Crippen MR) is 125 cm³/mol. The molecule has 178 valence electrons. The Bertz CT molecular complexity index is 1400. The molecule has 0 aliphatic heterocycles. The molecule has 34 heavy (non-hydrogen) atoms. The van der Waals surface area contributed by atoms with Crippen LogP contribution in [-0.4, -0.2) is 41.6 Å². The van der Waals surface area contributed by atoms with Crippen LogP contribution >= 0.6 is 0 Å². The zero-order chi connectivity index (χ0) is 23.5. The van der Waals surface area contributed by atoms with Crippen molar-refractivity contribution in [1.29, 1.82) is 0 Å². The first-order chi connectivity index (χ1) is 16.0. The molecule has 0 unspecified atom stereocenters. The average Bonchev–Trinajstić information content (AvgIpc) is 3.27. The van der Waals surface area contributed by atoms with Crippen molar-refractivity contribution in [2.75, 3.05) is 26.6 Å². The quantitative estimate of drug-likeness (QED) is 0.430. The van der Waals surface area contributed by atoms with Crippen molar-refractivity contribution in [1.82, 2.24) is 14.3 Å². The van der Waals surface area contributed by atoms with Crippen molar-refractivity contribution in [3.8, 4) is 17.2 Å². The Kier molecular flexibility index (Phi) is 8.24. The Morgan fingerprint density at radius 3 is 2.44 bits per heavy atom. The maximum absolute atomic E-state index is 13.0. The molecule has 2 aromatic carbocycles. The summed E-state index contributed by atoms with van der Waals surface area (Å²) in [5.41, 5.74) is 1.25. The van der Waals surface area contributed by atoms with Gasteiger partial charge in [0.15, 0.2) is 11.5 Å². The van der Waals surface area contributed by atoms with Crippen LogP contribution in [0.3, 0.4) is 0 Å². The van der Waals surface area contributed by atoms with E-state index in [1.54, 1.807) is 61.0 Å². The number of nitrogens with zero attached hydrogens (tertiary/aromatic N) is 3. The van der Waals surface area contributed by atoms with Gasteiger partial charge in [0.2, 0.25) is 11.2 Å². The van der Waals surface area contributed by atoms with Gasteiger partial charge in [0.25, 0.3) is 5.91 Å². The molecule has 2 aromatic heterocycles. The number of benzene rings is 2. The molecule has 4 rings (SSSR count). The number of para-hydroxylation sites is 1.